The molecule has 1 amide bonds. The zero-order valence-electron chi connectivity index (χ0n) is 18.7. The Morgan fingerprint density at radius 1 is 1.24 bits per heavy atom. The summed E-state index contributed by atoms with van der Waals surface area (Å²) >= 11 is 0.698. The summed E-state index contributed by atoms with van der Waals surface area (Å²) in [5, 5.41) is 10.1. The van der Waals surface area contributed by atoms with Gasteiger partial charge in [-0.2, -0.15) is 13.2 Å². The van der Waals surface area contributed by atoms with Crippen molar-refractivity contribution in [3.05, 3.63) is 51.5 Å². The number of carbonyl (C=O) groups is 2. The van der Waals surface area contributed by atoms with Crippen LogP contribution in [0.3, 0.4) is 0 Å². The summed E-state index contributed by atoms with van der Waals surface area (Å²) in [4.78, 5) is 30.0. The average Bonchev–Trinajstić information content (AvgIpc) is 3.37. The molecule has 11 heteroatoms. The number of carbonyl (C=O) groups excluding carboxylic acids is 1. The van der Waals surface area contributed by atoms with Crippen molar-refractivity contribution >= 4 is 34.2 Å². The number of alkyl halides is 3. The third-order valence-corrected chi connectivity index (χ3v) is 7.00. The van der Waals surface area contributed by atoms with E-state index in [0.717, 1.165) is 22.7 Å². The lowest BCUT2D eigenvalue weighted by Crippen LogP contribution is -2.40. The standard InChI is InChI=1S/C23H24F3N3O4S/c1-22(2,21(31)32)13-33-12-19(30)28-9-7-15-16-4-3-8-27-20(16)29(17(15)11-28)10-14-5-6-18(34-14)23(24,25)26/h3-6,8H,7,9-13H2,1-2H3,(H,31,32). The highest BCUT2D eigenvalue weighted by atomic mass is 32.1. The summed E-state index contributed by atoms with van der Waals surface area (Å²) in [6.07, 6.45) is -2.17. The van der Waals surface area contributed by atoms with Gasteiger partial charge >= 0.3 is 12.1 Å². The molecule has 1 aliphatic heterocycles. The van der Waals surface area contributed by atoms with Gasteiger partial charge in [-0.25, -0.2) is 4.98 Å². The van der Waals surface area contributed by atoms with E-state index in [1.807, 2.05) is 16.7 Å². The Kier molecular flexibility index (Phi) is 6.43. The van der Waals surface area contributed by atoms with Gasteiger partial charge in [0.25, 0.3) is 0 Å². The van der Waals surface area contributed by atoms with Gasteiger partial charge in [-0.3, -0.25) is 9.59 Å². The molecule has 0 aromatic carbocycles. The number of hydrogen-bond donors (Lipinski definition) is 1. The maximum atomic E-state index is 13.1. The summed E-state index contributed by atoms with van der Waals surface area (Å²) in [7, 11) is 0. The van der Waals surface area contributed by atoms with Gasteiger partial charge in [0.15, 0.2) is 0 Å². The van der Waals surface area contributed by atoms with Crippen LogP contribution in [-0.2, 0) is 40.0 Å². The molecule has 0 aliphatic carbocycles. The molecule has 0 unspecified atom stereocenters. The highest BCUT2D eigenvalue weighted by Gasteiger charge is 2.33. The second-order valence-corrected chi connectivity index (χ2v) is 10.1. The van der Waals surface area contributed by atoms with Crippen molar-refractivity contribution in [3.63, 3.8) is 0 Å². The van der Waals surface area contributed by atoms with E-state index in [0.29, 0.717) is 34.8 Å². The minimum Gasteiger partial charge on any atom is -0.481 e. The monoisotopic (exact) mass is 495 g/mol. The molecule has 182 valence electrons. The topological polar surface area (TPSA) is 84.7 Å². The van der Waals surface area contributed by atoms with E-state index in [1.54, 1.807) is 11.1 Å². The predicted molar refractivity (Wildman–Crippen MR) is 120 cm³/mol. The van der Waals surface area contributed by atoms with Gasteiger partial charge < -0.3 is 19.3 Å². The molecule has 1 N–H and O–H groups in total. The van der Waals surface area contributed by atoms with Crippen LogP contribution in [0, 0.1) is 5.41 Å². The Balaban J connectivity index is 1.55. The lowest BCUT2D eigenvalue weighted by atomic mass is 9.95. The van der Waals surface area contributed by atoms with Crippen molar-refractivity contribution in [2.75, 3.05) is 19.8 Å². The SMILES string of the molecule is CC(C)(COCC(=O)N1CCc2c(n(Cc3ccc(C(F)(F)F)s3)c3ncccc23)C1)C(=O)O. The second kappa shape index (κ2) is 9.03. The summed E-state index contributed by atoms with van der Waals surface area (Å²) in [5.41, 5.74) is 1.43. The third kappa shape index (κ3) is 4.80. The van der Waals surface area contributed by atoms with Crippen LogP contribution in [0.5, 0.6) is 0 Å². The van der Waals surface area contributed by atoms with Crippen molar-refractivity contribution < 1.29 is 32.6 Å². The fraction of sp³-hybridized carbons (Fsp3) is 0.435. The highest BCUT2D eigenvalue weighted by Crippen LogP contribution is 2.36. The van der Waals surface area contributed by atoms with Crippen LogP contribution in [-0.4, -0.2) is 51.2 Å². The Bertz CT molecular complexity index is 1230. The normalized spacial score (nSPS) is 14.4. The van der Waals surface area contributed by atoms with Gasteiger partial charge in [-0.15, -0.1) is 11.3 Å². The van der Waals surface area contributed by atoms with Crippen LogP contribution in [0.4, 0.5) is 13.2 Å². The van der Waals surface area contributed by atoms with E-state index in [4.69, 9.17) is 4.74 Å². The van der Waals surface area contributed by atoms with Gasteiger partial charge in [0, 0.05) is 28.7 Å². The predicted octanol–water partition coefficient (Wildman–Crippen LogP) is 4.18. The molecule has 0 radical (unpaired) electrons. The zero-order chi connectivity index (χ0) is 24.7. The molecule has 1 aliphatic rings. The zero-order valence-corrected chi connectivity index (χ0v) is 19.5. The average molecular weight is 496 g/mol. The van der Waals surface area contributed by atoms with Gasteiger partial charge in [-0.1, -0.05) is 0 Å². The van der Waals surface area contributed by atoms with Crippen LogP contribution < -0.4 is 0 Å². The molecule has 3 aromatic heterocycles. The van der Waals surface area contributed by atoms with Crippen LogP contribution in [0.25, 0.3) is 11.0 Å². The van der Waals surface area contributed by atoms with Gasteiger partial charge in [0.2, 0.25) is 5.91 Å². The van der Waals surface area contributed by atoms with E-state index in [-0.39, 0.29) is 32.2 Å². The Labute approximate surface area is 197 Å². The fourth-order valence-corrected chi connectivity index (χ4v) is 4.82. The minimum atomic E-state index is -4.39. The van der Waals surface area contributed by atoms with Gasteiger partial charge in [0.1, 0.15) is 17.1 Å². The molecule has 0 saturated heterocycles. The molecule has 34 heavy (non-hydrogen) atoms. The third-order valence-electron chi connectivity index (χ3n) is 5.89. The number of halogens is 3. The Morgan fingerprint density at radius 2 is 2.00 bits per heavy atom. The quantitative estimate of drug-likeness (QED) is 0.532. The maximum absolute atomic E-state index is 13.1. The Hall–Kier alpha value is -2.92. The van der Waals surface area contributed by atoms with Crippen LogP contribution in [0.1, 0.15) is 34.9 Å². The highest BCUT2D eigenvalue weighted by molar-refractivity contribution is 7.12. The van der Waals surface area contributed by atoms with E-state index >= 15 is 0 Å². The molecule has 0 saturated carbocycles. The van der Waals surface area contributed by atoms with E-state index < -0.39 is 22.4 Å². The molecular formula is C23H24F3N3O4S. The number of carboxylic acid groups (broad SMARTS) is 1. The molecule has 4 rings (SSSR count). The molecule has 7 nitrogen and oxygen atoms in total. The first-order chi connectivity index (χ1) is 16.0. The van der Waals surface area contributed by atoms with Crippen molar-refractivity contribution in [1.82, 2.24) is 14.5 Å². The maximum Gasteiger partial charge on any atom is 0.425 e. The molecule has 4 heterocycles. The lowest BCUT2D eigenvalue weighted by molar-refractivity contribution is -0.153. The number of rotatable bonds is 7. The first-order valence-corrected chi connectivity index (χ1v) is 11.5. The summed E-state index contributed by atoms with van der Waals surface area (Å²) in [5.74, 6) is -1.28. The number of amides is 1. The van der Waals surface area contributed by atoms with Crippen molar-refractivity contribution in [3.8, 4) is 0 Å². The van der Waals surface area contributed by atoms with Crippen LogP contribution in [0.2, 0.25) is 0 Å². The lowest BCUT2D eigenvalue weighted by Gasteiger charge is -2.29. The number of hydrogen-bond acceptors (Lipinski definition) is 5. The first-order valence-electron chi connectivity index (χ1n) is 10.7. The number of ether oxygens (including phenoxy) is 1. The number of thiophene rings is 1. The van der Waals surface area contributed by atoms with Crippen molar-refractivity contribution in [2.45, 2.75) is 39.5 Å². The Morgan fingerprint density at radius 3 is 2.68 bits per heavy atom. The number of carboxylic acids is 1. The molecule has 0 atom stereocenters. The fourth-order valence-electron chi connectivity index (χ4n) is 3.96. The number of pyridine rings is 1. The first kappa shape index (κ1) is 24.2. The number of nitrogens with zero attached hydrogens (tertiary/aromatic N) is 3. The van der Waals surface area contributed by atoms with E-state index in [9.17, 15) is 27.9 Å². The van der Waals surface area contributed by atoms with Gasteiger partial charge in [0.05, 0.1) is 25.1 Å². The van der Waals surface area contributed by atoms with Crippen molar-refractivity contribution in [1.29, 1.82) is 0 Å². The number of fused-ring (bicyclic) bond motifs is 3. The van der Waals surface area contributed by atoms with E-state index in [1.165, 1.54) is 19.9 Å². The van der Waals surface area contributed by atoms with E-state index in [2.05, 4.69) is 4.98 Å². The molecule has 0 fully saturated rings. The molecule has 0 bridgehead atoms. The second-order valence-electron chi connectivity index (χ2n) is 8.90. The summed E-state index contributed by atoms with van der Waals surface area (Å²) < 4.78 is 46.5. The number of aliphatic carboxylic acids is 1. The summed E-state index contributed by atoms with van der Waals surface area (Å²) in [6, 6.07) is 6.30. The van der Waals surface area contributed by atoms with Crippen molar-refractivity contribution in [2.24, 2.45) is 5.41 Å². The number of aromatic nitrogens is 2. The molecule has 3 aromatic rings. The van der Waals surface area contributed by atoms with Crippen LogP contribution >= 0.6 is 11.3 Å². The molecule has 0 spiro atoms. The largest absolute Gasteiger partial charge is 0.481 e. The smallest absolute Gasteiger partial charge is 0.425 e. The van der Waals surface area contributed by atoms with Gasteiger partial charge in [-0.05, 0) is 50.1 Å². The van der Waals surface area contributed by atoms with Crippen LogP contribution in [0.15, 0.2) is 30.5 Å². The minimum absolute atomic E-state index is 0.0999. The molecular weight excluding hydrogens is 471 g/mol. The summed E-state index contributed by atoms with van der Waals surface area (Å²) in [6.45, 7) is 3.65.